The number of hydrogen-bond donors (Lipinski definition) is 1. The van der Waals surface area contributed by atoms with Crippen LogP contribution in [0.5, 0.6) is 11.8 Å². The number of ether oxygens (including phenoxy) is 1. The van der Waals surface area contributed by atoms with Gasteiger partial charge in [-0.2, -0.15) is 0 Å². The molecule has 17 heavy (non-hydrogen) atoms. The SMILES string of the molecule is CCn1ccnc1Oc1ccc(CN)c(F)c1. The summed E-state index contributed by atoms with van der Waals surface area (Å²) in [5, 5.41) is 0. The zero-order valence-electron chi connectivity index (χ0n) is 9.56. The Morgan fingerprint density at radius 3 is 2.94 bits per heavy atom. The summed E-state index contributed by atoms with van der Waals surface area (Å²) < 4.78 is 20.8. The Bertz CT molecular complexity index is 510. The molecule has 0 aliphatic heterocycles. The minimum Gasteiger partial charge on any atom is -0.425 e. The van der Waals surface area contributed by atoms with Gasteiger partial charge in [0.25, 0.3) is 0 Å². The second kappa shape index (κ2) is 4.97. The Labute approximate surface area is 98.8 Å². The van der Waals surface area contributed by atoms with Crippen molar-refractivity contribution in [2.45, 2.75) is 20.0 Å². The van der Waals surface area contributed by atoms with Crippen LogP contribution in [0.25, 0.3) is 0 Å². The number of benzene rings is 1. The van der Waals surface area contributed by atoms with Crippen molar-refractivity contribution in [1.82, 2.24) is 9.55 Å². The number of nitrogens with zero attached hydrogens (tertiary/aromatic N) is 2. The monoisotopic (exact) mass is 235 g/mol. The van der Waals surface area contributed by atoms with Gasteiger partial charge in [-0.1, -0.05) is 6.07 Å². The van der Waals surface area contributed by atoms with Gasteiger partial charge in [-0.25, -0.2) is 9.37 Å². The summed E-state index contributed by atoms with van der Waals surface area (Å²) in [7, 11) is 0. The van der Waals surface area contributed by atoms with E-state index in [4.69, 9.17) is 10.5 Å². The Morgan fingerprint density at radius 2 is 2.29 bits per heavy atom. The van der Waals surface area contributed by atoms with Crippen molar-refractivity contribution in [1.29, 1.82) is 0 Å². The van der Waals surface area contributed by atoms with Crippen LogP contribution in [-0.2, 0) is 13.1 Å². The van der Waals surface area contributed by atoms with Gasteiger partial charge in [0, 0.05) is 37.1 Å². The van der Waals surface area contributed by atoms with E-state index in [0.717, 1.165) is 6.54 Å². The van der Waals surface area contributed by atoms with Crippen LogP contribution in [0.3, 0.4) is 0 Å². The van der Waals surface area contributed by atoms with Gasteiger partial charge in [-0.05, 0) is 13.0 Å². The molecule has 0 radical (unpaired) electrons. The average molecular weight is 235 g/mol. The quantitative estimate of drug-likeness (QED) is 0.884. The summed E-state index contributed by atoms with van der Waals surface area (Å²) in [6.07, 6.45) is 3.45. The maximum Gasteiger partial charge on any atom is 0.301 e. The molecule has 1 aromatic heterocycles. The molecule has 0 fully saturated rings. The van der Waals surface area contributed by atoms with Crippen molar-refractivity contribution in [3.63, 3.8) is 0 Å². The van der Waals surface area contributed by atoms with Gasteiger partial charge in [0.2, 0.25) is 0 Å². The summed E-state index contributed by atoms with van der Waals surface area (Å²) in [4.78, 5) is 4.05. The fraction of sp³-hybridized carbons (Fsp3) is 0.250. The van der Waals surface area contributed by atoms with Crippen LogP contribution in [0.4, 0.5) is 4.39 Å². The smallest absolute Gasteiger partial charge is 0.301 e. The molecule has 0 saturated heterocycles. The molecule has 90 valence electrons. The highest BCUT2D eigenvalue weighted by molar-refractivity contribution is 5.30. The van der Waals surface area contributed by atoms with Gasteiger partial charge < -0.3 is 15.0 Å². The van der Waals surface area contributed by atoms with E-state index >= 15 is 0 Å². The maximum atomic E-state index is 13.5. The van der Waals surface area contributed by atoms with Crippen molar-refractivity contribution in [2.75, 3.05) is 0 Å². The van der Waals surface area contributed by atoms with Crippen molar-refractivity contribution in [2.24, 2.45) is 5.73 Å². The molecule has 0 bridgehead atoms. The molecule has 0 atom stereocenters. The molecule has 2 aromatic rings. The summed E-state index contributed by atoms with van der Waals surface area (Å²) in [5.41, 5.74) is 5.85. The van der Waals surface area contributed by atoms with Gasteiger partial charge in [0.15, 0.2) is 0 Å². The molecule has 0 amide bonds. The predicted molar refractivity (Wildman–Crippen MR) is 62.3 cm³/mol. The lowest BCUT2D eigenvalue weighted by molar-refractivity contribution is 0.412. The van der Waals surface area contributed by atoms with Crippen molar-refractivity contribution in [3.8, 4) is 11.8 Å². The van der Waals surface area contributed by atoms with Crippen LogP contribution in [0.15, 0.2) is 30.6 Å². The van der Waals surface area contributed by atoms with Crippen molar-refractivity contribution in [3.05, 3.63) is 42.0 Å². The van der Waals surface area contributed by atoms with E-state index in [1.807, 2.05) is 11.5 Å². The van der Waals surface area contributed by atoms with E-state index in [2.05, 4.69) is 4.98 Å². The van der Waals surface area contributed by atoms with Crippen LogP contribution < -0.4 is 10.5 Å². The third-order valence-corrected chi connectivity index (χ3v) is 2.47. The van der Waals surface area contributed by atoms with Gasteiger partial charge in [0.1, 0.15) is 11.6 Å². The highest BCUT2D eigenvalue weighted by Gasteiger charge is 2.07. The number of aromatic nitrogens is 2. The number of imidazole rings is 1. The Kier molecular flexibility index (Phi) is 3.39. The molecule has 1 heterocycles. The third-order valence-electron chi connectivity index (χ3n) is 2.47. The Balaban J connectivity index is 2.22. The Hall–Kier alpha value is -1.88. The van der Waals surface area contributed by atoms with Crippen molar-refractivity contribution < 1.29 is 9.13 Å². The van der Waals surface area contributed by atoms with Crippen LogP contribution in [-0.4, -0.2) is 9.55 Å². The molecular formula is C12H14FN3O. The lowest BCUT2D eigenvalue weighted by atomic mass is 10.2. The molecule has 5 heteroatoms. The van der Waals surface area contributed by atoms with E-state index in [-0.39, 0.29) is 12.4 Å². The molecule has 0 aliphatic carbocycles. The van der Waals surface area contributed by atoms with Crippen LogP contribution in [0, 0.1) is 5.82 Å². The van der Waals surface area contributed by atoms with Crippen LogP contribution >= 0.6 is 0 Å². The molecule has 4 nitrogen and oxygen atoms in total. The third kappa shape index (κ3) is 2.45. The summed E-state index contributed by atoms with van der Waals surface area (Å²) in [6, 6.07) is 5.06. The van der Waals surface area contributed by atoms with E-state index in [0.29, 0.717) is 17.3 Å². The van der Waals surface area contributed by atoms with Gasteiger partial charge in [0.05, 0.1) is 0 Å². The minimum atomic E-state index is -0.361. The fourth-order valence-corrected chi connectivity index (χ4v) is 1.50. The van der Waals surface area contributed by atoms with E-state index in [9.17, 15) is 4.39 Å². The first-order valence-corrected chi connectivity index (χ1v) is 5.42. The summed E-state index contributed by atoms with van der Waals surface area (Å²) >= 11 is 0. The second-order valence-corrected chi connectivity index (χ2v) is 3.56. The molecular weight excluding hydrogens is 221 g/mol. The van der Waals surface area contributed by atoms with Crippen molar-refractivity contribution >= 4 is 0 Å². The lowest BCUT2D eigenvalue weighted by Gasteiger charge is -2.07. The molecule has 0 unspecified atom stereocenters. The van der Waals surface area contributed by atoms with Crippen LogP contribution in [0.1, 0.15) is 12.5 Å². The number of nitrogens with two attached hydrogens (primary N) is 1. The Morgan fingerprint density at radius 1 is 1.47 bits per heavy atom. The summed E-state index contributed by atoms with van der Waals surface area (Å²) in [5.74, 6) is 0.0557. The van der Waals surface area contributed by atoms with Crippen LogP contribution in [0.2, 0.25) is 0 Å². The van der Waals surface area contributed by atoms with Gasteiger partial charge in [-0.3, -0.25) is 0 Å². The average Bonchev–Trinajstić information content (AvgIpc) is 2.76. The second-order valence-electron chi connectivity index (χ2n) is 3.56. The number of hydrogen-bond acceptors (Lipinski definition) is 3. The summed E-state index contributed by atoms with van der Waals surface area (Å²) in [6.45, 7) is 2.90. The zero-order valence-corrected chi connectivity index (χ0v) is 9.56. The minimum absolute atomic E-state index is 0.176. The molecule has 1 aromatic carbocycles. The first-order valence-electron chi connectivity index (χ1n) is 5.42. The fourth-order valence-electron chi connectivity index (χ4n) is 1.50. The highest BCUT2D eigenvalue weighted by atomic mass is 19.1. The zero-order chi connectivity index (χ0) is 12.3. The normalized spacial score (nSPS) is 10.5. The first kappa shape index (κ1) is 11.6. The molecule has 0 aliphatic rings. The number of rotatable bonds is 4. The standard InChI is InChI=1S/C12H14FN3O/c1-2-16-6-5-15-12(16)17-10-4-3-9(8-14)11(13)7-10/h3-7H,2,8,14H2,1H3. The highest BCUT2D eigenvalue weighted by Crippen LogP contribution is 2.22. The predicted octanol–water partition coefficient (Wildman–Crippen LogP) is 2.29. The van der Waals surface area contributed by atoms with Gasteiger partial charge in [-0.15, -0.1) is 0 Å². The number of aryl methyl sites for hydroxylation is 1. The van der Waals surface area contributed by atoms with E-state index in [1.165, 1.54) is 6.07 Å². The maximum absolute atomic E-state index is 13.5. The largest absolute Gasteiger partial charge is 0.425 e. The molecule has 0 spiro atoms. The van der Waals surface area contributed by atoms with Gasteiger partial charge >= 0.3 is 6.01 Å². The molecule has 0 saturated carbocycles. The lowest BCUT2D eigenvalue weighted by Crippen LogP contribution is -2.01. The topological polar surface area (TPSA) is 53.1 Å². The van der Waals surface area contributed by atoms with E-state index in [1.54, 1.807) is 24.5 Å². The first-order chi connectivity index (χ1) is 8.24. The molecule has 2 N–H and O–H groups in total. The number of halogens is 1. The van der Waals surface area contributed by atoms with E-state index < -0.39 is 0 Å². The molecule has 2 rings (SSSR count).